The zero-order valence-electron chi connectivity index (χ0n) is 18.4. The predicted molar refractivity (Wildman–Crippen MR) is 121 cm³/mol. The molecule has 1 N–H and O–H groups in total. The minimum atomic E-state index is -1.02. The van der Waals surface area contributed by atoms with E-state index in [-0.39, 0.29) is 11.6 Å². The van der Waals surface area contributed by atoms with Gasteiger partial charge in [0.25, 0.3) is 0 Å². The van der Waals surface area contributed by atoms with Crippen LogP contribution in [0.15, 0.2) is 48.8 Å². The van der Waals surface area contributed by atoms with Crippen molar-refractivity contribution < 1.29 is 9.90 Å². The molecule has 0 spiro atoms. The van der Waals surface area contributed by atoms with Crippen LogP contribution in [-0.4, -0.2) is 25.9 Å². The molecule has 162 valence electrons. The highest BCUT2D eigenvalue weighted by Crippen LogP contribution is 2.35. The number of aromatic carboxylic acids is 1. The largest absolute Gasteiger partial charge is 0.478 e. The van der Waals surface area contributed by atoms with Crippen LogP contribution >= 0.6 is 0 Å². The van der Waals surface area contributed by atoms with Crippen molar-refractivity contribution in [1.82, 2.24) is 14.9 Å². The van der Waals surface area contributed by atoms with Crippen molar-refractivity contribution in [3.05, 3.63) is 93.6 Å². The molecule has 0 amide bonds. The van der Waals surface area contributed by atoms with Crippen LogP contribution in [0.1, 0.15) is 68.4 Å². The van der Waals surface area contributed by atoms with Crippen LogP contribution in [0.3, 0.4) is 0 Å². The van der Waals surface area contributed by atoms with Gasteiger partial charge in [-0.3, -0.25) is 14.9 Å². The molecule has 2 aromatic heterocycles. The molecule has 0 fully saturated rings. The Hall–Kier alpha value is -3.56. The molecule has 1 unspecified atom stereocenters. The van der Waals surface area contributed by atoms with Crippen LogP contribution in [0.4, 0.5) is 0 Å². The second kappa shape index (κ2) is 9.29. The second-order valence-electron chi connectivity index (χ2n) is 8.43. The summed E-state index contributed by atoms with van der Waals surface area (Å²) >= 11 is 0. The SMILES string of the molecule is Cc1cnc(CN(Cc2ccc(C#N)cc2C(=O)O)C2CCCc3cccnc32)c(C)c1. The van der Waals surface area contributed by atoms with E-state index in [0.29, 0.717) is 24.2 Å². The van der Waals surface area contributed by atoms with Crippen LogP contribution in [0, 0.1) is 25.2 Å². The molecule has 3 aromatic rings. The Morgan fingerprint density at radius 2 is 2.06 bits per heavy atom. The number of aryl methyl sites for hydroxylation is 3. The minimum Gasteiger partial charge on any atom is -0.478 e. The Morgan fingerprint density at radius 1 is 1.22 bits per heavy atom. The van der Waals surface area contributed by atoms with Crippen LogP contribution in [0.25, 0.3) is 0 Å². The van der Waals surface area contributed by atoms with Gasteiger partial charge in [-0.1, -0.05) is 18.2 Å². The summed E-state index contributed by atoms with van der Waals surface area (Å²) in [6.45, 7) is 5.11. The smallest absolute Gasteiger partial charge is 0.336 e. The normalized spacial score (nSPS) is 15.2. The Balaban J connectivity index is 1.75. The molecule has 0 aliphatic heterocycles. The lowest BCUT2D eigenvalue weighted by molar-refractivity contribution is 0.0692. The summed E-state index contributed by atoms with van der Waals surface area (Å²) in [5.74, 6) is -1.02. The molecule has 0 saturated carbocycles. The van der Waals surface area contributed by atoms with Gasteiger partial charge in [0.15, 0.2) is 0 Å². The van der Waals surface area contributed by atoms with Crippen molar-refractivity contribution >= 4 is 5.97 Å². The summed E-state index contributed by atoms with van der Waals surface area (Å²) in [6.07, 6.45) is 6.71. The summed E-state index contributed by atoms with van der Waals surface area (Å²) in [4.78, 5) is 23.6. The van der Waals surface area contributed by atoms with E-state index in [2.05, 4.69) is 28.9 Å². The third-order valence-corrected chi connectivity index (χ3v) is 6.13. The molecule has 0 bridgehead atoms. The van der Waals surface area contributed by atoms with Gasteiger partial charge in [-0.15, -0.1) is 0 Å². The molecule has 6 heteroatoms. The Kier molecular flexibility index (Phi) is 6.29. The number of hydrogen-bond donors (Lipinski definition) is 1. The van der Waals surface area contributed by atoms with Gasteiger partial charge >= 0.3 is 5.97 Å². The van der Waals surface area contributed by atoms with Crippen molar-refractivity contribution in [2.24, 2.45) is 0 Å². The number of carbonyl (C=O) groups is 1. The molecule has 2 heterocycles. The fourth-order valence-corrected chi connectivity index (χ4v) is 4.52. The average Bonchev–Trinajstić information content (AvgIpc) is 2.80. The van der Waals surface area contributed by atoms with Gasteiger partial charge < -0.3 is 5.11 Å². The first-order valence-corrected chi connectivity index (χ1v) is 10.8. The summed E-state index contributed by atoms with van der Waals surface area (Å²) < 4.78 is 0. The average molecular weight is 427 g/mol. The highest BCUT2D eigenvalue weighted by Gasteiger charge is 2.29. The van der Waals surface area contributed by atoms with Crippen molar-refractivity contribution in [2.45, 2.75) is 52.2 Å². The molecule has 1 aliphatic carbocycles. The topological polar surface area (TPSA) is 90.1 Å². The van der Waals surface area contributed by atoms with Gasteiger partial charge in [-0.25, -0.2) is 4.79 Å². The standard InChI is InChI=1S/C26H26N4O2/c1-17-11-18(2)23(29-14-17)16-30(24-7-3-5-20-6-4-10-28-25(20)24)15-21-9-8-19(13-27)12-22(21)26(31)32/h4,6,8-12,14,24H,3,5,7,15-16H2,1-2H3,(H,31,32). The van der Waals surface area contributed by atoms with Crippen LogP contribution in [0.5, 0.6) is 0 Å². The molecular weight excluding hydrogens is 400 g/mol. The molecule has 32 heavy (non-hydrogen) atoms. The number of carboxylic acids is 1. The van der Waals surface area contributed by atoms with E-state index in [0.717, 1.165) is 41.8 Å². The van der Waals surface area contributed by atoms with Gasteiger partial charge in [-0.05, 0) is 73.6 Å². The molecule has 0 radical (unpaired) electrons. The van der Waals surface area contributed by atoms with Crippen LogP contribution < -0.4 is 0 Å². The Bertz CT molecular complexity index is 1200. The van der Waals surface area contributed by atoms with Gasteiger partial charge in [0.05, 0.1) is 34.6 Å². The lowest BCUT2D eigenvalue weighted by Crippen LogP contribution is -2.32. The first-order valence-electron chi connectivity index (χ1n) is 10.8. The lowest BCUT2D eigenvalue weighted by Gasteiger charge is -2.35. The fourth-order valence-electron chi connectivity index (χ4n) is 4.52. The number of nitriles is 1. The quantitative estimate of drug-likeness (QED) is 0.612. The van der Waals surface area contributed by atoms with E-state index in [1.54, 1.807) is 12.1 Å². The van der Waals surface area contributed by atoms with Crippen LogP contribution in [0.2, 0.25) is 0 Å². The van der Waals surface area contributed by atoms with Crippen LogP contribution in [-0.2, 0) is 19.5 Å². The van der Waals surface area contributed by atoms with E-state index in [1.807, 2.05) is 31.5 Å². The van der Waals surface area contributed by atoms with Crippen molar-refractivity contribution in [1.29, 1.82) is 5.26 Å². The highest BCUT2D eigenvalue weighted by molar-refractivity contribution is 5.89. The van der Waals surface area contributed by atoms with Gasteiger partial charge in [0, 0.05) is 25.5 Å². The number of hydrogen-bond acceptors (Lipinski definition) is 5. The Labute approximate surface area is 188 Å². The maximum absolute atomic E-state index is 11.9. The molecule has 4 rings (SSSR count). The molecule has 0 saturated heterocycles. The van der Waals surface area contributed by atoms with Gasteiger partial charge in [-0.2, -0.15) is 5.26 Å². The molecule has 1 aromatic carbocycles. The third kappa shape index (κ3) is 4.53. The number of carboxylic acid groups (broad SMARTS) is 1. The number of fused-ring (bicyclic) bond motifs is 1. The lowest BCUT2D eigenvalue weighted by atomic mass is 9.90. The summed E-state index contributed by atoms with van der Waals surface area (Å²) in [5.41, 5.74) is 6.72. The second-order valence-corrected chi connectivity index (χ2v) is 8.43. The Morgan fingerprint density at radius 3 is 2.81 bits per heavy atom. The van der Waals surface area contributed by atoms with E-state index in [9.17, 15) is 15.2 Å². The molecule has 1 aliphatic rings. The number of rotatable bonds is 6. The fraction of sp³-hybridized carbons (Fsp3) is 0.308. The maximum atomic E-state index is 11.9. The van der Waals surface area contributed by atoms with Crippen molar-refractivity contribution in [3.63, 3.8) is 0 Å². The van der Waals surface area contributed by atoms with Gasteiger partial charge in [0.2, 0.25) is 0 Å². The maximum Gasteiger partial charge on any atom is 0.336 e. The zero-order chi connectivity index (χ0) is 22.7. The number of benzene rings is 1. The van der Waals surface area contributed by atoms with E-state index < -0.39 is 5.97 Å². The minimum absolute atomic E-state index is 0.0692. The third-order valence-electron chi connectivity index (χ3n) is 6.13. The summed E-state index contributed by atoms with van der Waals surface area (Å²) in [7, 11) is 0. The van der Waals surface area contributed by atoms with Crippen molar-refractivity contribution in [2.75, 3.05) is 0 Å². The summed E-state index contributed by atoms with van der Waals surface area (Å²) in [5, 5.41) is 19.0. The molecule has 6 nitrogen and oxygen atoms in total. The van der Waals surface area contributed by atoms with Crippen molar-refractivity contribution in [3.8, 4) is 6.07 Å². The predicted octanol–water partition coefficient (Wildman–Crippen LogP) is 4.74. The number of pyridine rings is 2. The first kappa shape index (κ1) is 21.7. The number of nitrogens with zero attached hydrogens (tertiary/aromatic N) is 4. The molecular formula is C26H26N4O2. The van der Waals surface area contributed by atoms with E-state index >= 15 is 0 Å². The zero-order valence-corrected chi connectivity index (χ0v) is 18.4. The van der Waals surface area contributed by atoms with Gasteiger partial charge in [0.1, 0.15) is 0 Å². The summed E-state index contributed by atoms with van der Waals surface area (Å²) in [6, 6.07) is 13.2. The first-order chi connectivity index (χ1) is 15.5. The number of aromatic nitrogens is 2. The van der Waals surface area contributed by atoms with E-state index in [4.69, 9.17) is 4.98 Å². The highest BCUT2D eigenvalue weighted by atomic mass is 16.4. The molecule has 1 atom stereocenters. The van der Waals surface area contributed by atoms with E-state index in [1.165, 1.54) is 11.6 Å². The monoisotopic (exact) mass is 426 g/mol.